The van der Waals surface area contributed by atoms with E-state index >= 15 is 0 Å². The number of benzene rings is 1. The van der Waals surface area contributed by atoms with Gasteiger partial charge >= 0.3 is 0 Å². The van der Waals surface area contributed by atoms with Gasteiger partial charge in [-0.25, -0.2) is 0 Å². The van der Waals surface area contributed by atoms with Crippen LogP contribution in [0, 0.1) is 5.92 Å². The molecule has 1 heterocycles. The summed E-state index contributed by atoms with van der Waals surface area (Å²) >= 11 is 6.01. The van der Waals surface area contributed by atoms with Crippen LogP contribution in [0.4, 0.5) is 0 Å². The van der Waals surface area contributed by atoms with Crippen molar-refractivity contribution < 1.29 is 4.79 Å². The molecule has 0 saturated heterocycles. The lowest BCUT2D eigenvalue weighted by atomic mass is 9.98. The molecule has 2 aromatic rings. The first kappa shape index (κ1) is 13.8. The second-order valence-electron chi connectivity index (χ2n) is 4.98. The Morgan fingerprint density at radius 2 is 2.11 bits per heavy atom. The lowest BCUT2D eigenvalue weighted by Crippen LogP contribution is -2.04. The minimum Gasteiger partial charge on any atom is -0.289 e. The predicted octanol–water partition coefficient (Wildman–Crippen LogP) is 4.16. The molecule has 2 nitrogen and oxygen atoms in total. The lowest BCUT2D eigenvalue weighted by molar-refractivity contribution is 0.103. The molecule has 2 rings (SSSR count). The number of nitrogens with zero attached hydrogens (tertiary/aromatic N) is 1. The molecule has 0 radical (unpaired) electrons. The Balaban J connectivity index is 2.32. The zero-order chi connectivity index (χ0) is 13.8. The van der Waals surface area contributed by atoms with Crippen molar-refractivity contribution in [1.29, 1.82) is 0 Å². The minimum atomic E-state index is -0.0574. The monoisotopic (exact) mass is 273 g/mol. The molecule has 0 amide bonds. The maximum absolute atomic E-state index is 12.4. The number of rotatable bonds is 4. The van der Waals surface area contributed by atoms with Crippen molar-refractivity contribution in [2.45, 2.75) is 20.3 Å². The SMILES string of the molecule is CC(C)Cc1cccc(C(=O)c2ccncc2Cl)c1. The number of hydrogen-bond donors (Lipinski definition) is 0. The molecule has 0 aliphatic rings. The van der Waals surface area contributed by atoms with Crippen LogP contribution in [0.3, 0.4) is 0 Å². The molecule has 0 bridgehead atoms. The summed E-state index contributed by atoms with van der Waals surface area (Å²) in [6, 6.07) is 9.38. The number of carbonyl (C=O) groups excluding carboxylic acids is 1. The largest absolute Gasteiger partial charge is 0.289 e. The number of halogens is 1. The summed E-state index contributed by atoms with van der Waals surface area (Å²) in [6.45, 7) is 4.32. The Labute approximate surface area is 118 Å². The van der Waals surface area contributed by atoms with Gasteiger partial charge in [-0.15, -0.1) is 0 Å². The number of pyridine rings is 1. The van der Waals surface area contributed by atoms with E-state index in [4.69, 9.17) is 11.6 Å². The molecule has 0 spiro atoms. The van der Waals surface area contributed by atoms with Crippen molar-refractivity contribution in [3.63, 3.8) is 0 Å². The molecule has 0 saturated carbocycles. The van der Waals surface area contributed by atoms with Gasteiger partial charge in [-0.1, -0.05) is 43.6 Å². The Kier molecular flexibility index (Phi) is 4.33. The van der Waals surface area contributed by atoms with Gasteiger partial charge in [-0.3, -0.25) is 9.78 Å². The van der Waals surface area contributed by atoms with Crippen molar-refractivity contribution in [1.82, 2.24) is 4.98 Å². The summed E-state index contributed by atoms with van der Waals surface area (Å²) < 4.78 is 0. The van der Waals surface area contributed by atoms with Gasteiger partial charge in [0, 0.05) is 23.5 Å². The second-order valence-corrected chi connectivity index (χ2v) is 5.39. The molecule has 19 heavy (non-hydrogen) atoms. The Hall–Kier alpha value is -1.67. The number of aromatic nitrogens is 1. The van der Waals surface area contributed by atoms with E-state index in [1.807, 2.05) is 24.3 Å². The first-order valence-electron chi connectivity index (χ1n) is 6.31. The average Bonchev–Trinajstić information content (AvgIpc) is 2.38. The Morgan fingerprint density at radius 3 is 2.79 bits per heavy atom. The highest BCUT2D eigenvalue weighted by molar-refractivity contribution is 6.34. The highest BCUT2D eigenvalue weighted by Gasteiger charge is 2.13. The summed E-state index contributed by atoms with van der Waals surface area (Å²) in [7, 11) is 0. The number of ketones is 1. The molecule has 0 N–H and O–H groups in total. The van der Waals surface area contributed by atoms with Crippen LogP contribution in [0.15, 0.2) is 42.7 Å². The van der Waals surface area contributed by atoms with Crippen LogP contribution in [-0.2, 0) is 6.42 Å². The summed E-state index contributed by atoms with van der Waals surface area (Å²) in [5.41, 5.74) is 2.34. The van der Waals surface area contributed by atoms with E-state index in [0.717, 1.165) is 6.42 Å². The van der Waals surface area contributed by atoms with Crippen molar-refractivity contribution >= 4 is 17.4 Å². The summed E-state index contributed by atoms with van der Waals surface area (Å²) in [4.78, 5) is 16.3. The molecular formula is C16H16ClNO. The average molecular weight is 274 g/mol. The van der Waals surface area contributed by atoms with E-state index in [0.29, 0.717) is 22.1 Å². The minimum absolute atomic E-state index is 0.0574. The van der Waals surface area contributed by atoms with Crippen molar-refractivity contribution in [3.8, 4) is 0 Å². The van der Waals surface area contributed by atoms with E-state index in [1.165, 1.54) is 11.8 Å². The second kappa shape index (κ2) is 5.98. The molecule has 0 atom stereocenters. The molecule has 0 unspecified atom stereocenters. The van der Waals surface area contributed by atoms with Crippen molar-refractivity contribution in [2.24, 2.45) is 5.92 Å². The quantitative estimate of drug-likeness (QED) is 0.783. The predicted molar refractivity (Wildman–Crippen MR) is 77.7 cm³/mol. The number of hydrogen-bond acceptors (Lipinski definition) is 2. The van der Waals surface area contributed by atoms with Gasteiger partial charge < -0.3 is 0 Å². The summed E-state index contributed by atoms with van der Waals surface area (Å²) in [5, 5.41) is 0.391. The van der Waals surface area contributed by atoms with E-state index in [9.17, 15) is 4.79 Å². The summed E-state index contributed by atoms with van der Waals surface area (Å²) in [6.07, 6.45) is 4.04. The van der Waals surface area contributed by atoms with Crippen LogP contribution in [0.25, 0.3) is 0 Å². The van der Waals surface area contributed by atoms with Crippen LogP contribution in [0.5, 0.6) is 0 Å². The highest BCUT2D eigenvalue weighted by atomic mass is 35.5. The molecule has 0 fully saturated rings. The fraction of sp³-hybridized carbons (Fsp3) is 0.250. The van der Waals surface area contributed by atoms with Gasteiger partial charge in [0.05, 0.1) is 5.02 Å². The van der Waals surface area contributed by atoms with Crippen LogP contribution in [0.1, 0.15) is 35.3 Å². The van der Waals surface area contributed by atoms with Crippen LogP contribution < -0.4 is 0 Å². The third-order valence-corrected chi connectivity index (χ3v) is 3.15. The van der Waals surface area contributed by atoms with E-state index in [-0.39, 0.29) is 5.78 Å². The Morgan fingerprint density at radius 1 is 1.32 bits per heavy atom. The van der Waals surface area contributed by atoms with Crippen LogP contribution >= 0.6 is 11.6 Å². The van der Waals surface area contributed by atoms with Crippen molar-refractivity contribution in [2.75, 3.05) is 0 Å². The molecule has 1 aromatic heterocycles. The Bertz CT molecular complexity index is 593. The van der Waals surface area contributed by atoms with Gasteiger partial charge in [0.15, 0.2) is 5.78 Å². The third kappa shape index (κ3) is 3.42. The topological polar surface area (TPSA) is 30.0 Å². The highest BCUT2D eigenvalue weighted by Crippen LogP contribution is 2.19. The van der Waals surface area contributed by atoms with E-state index < -0.39 is 0 Å². The van der Waals surface area contributed by atoms with Crippen LogP contribution in [0.2, 0.25) is 5.02 Å². The summed E-state index contributed by atoms with van der Waals surface area (Å²) in [5.74, 6) is 0.507. The molecule has 1 aromatic carbocycles. The first-order chi connectivity index (χ1) is 9.08. The van der Waals surface area contributed by atoms with Gasteiger partial charge in [-0.2, -0.15) is 0 Å². The van der Waals surface area contributed by atoms with Gasteiger partial charge in [0.2, 0.25) is 0 Å². The zero-order valence-corrected chi connectivity index (χ0v) is 11.8. The van der Waals surface area contributed by atoms with Gasteiger partial charge in [0.1, 0.15) is 0 Å². The maximum atomic E-state index is 12.4. The number of carbonyl (C=O) groups is 1. The molecule has 0 aliphatic heterocycles. The normalized spacial score (nSPS) is 10.7. The van der Waals surface area contributed by atoms with Crippen molar-refractivity contribution in [3.05, 3.63) is 64.4 Å². The smallest absolute Gasteiger partial charge is 0.194 e. The van der Waals surface area contributed by atoms with Gasteiger partial charge in [-0.05, 0) is 30.0 Å². The van der Waals surface area contributed by atoms with E-state index in [1.54, 1.807) is 12.3 Å². The first-order valence-corrected chi connectivity index (χ1v) is 6.69. The van der Waals surface area contributed by atoms with E-state index in [2.05, 4.69) is 18.8 Å². The molecule has 0 aliphatic carbocycles. The van der Waals surface area contributed by atoms with Crippen LogP contribution in [-0.4, -0.2) is 10.8 Å². The fourth-order valence-corrected chi connectivity index (χ4v) is 2.23. The van der Waals surface area contributed by atoms with Gasteiger partial charge in [0.25, 0.3) is 0 Å². The molecular weight excluding hydrogens is 258 g/mol. The maximum Gasteiger partial charge on any atom is 0.194 e. The fourth-order valence-electron chi connectivity index (χ4n) is 2.03. The third-order valence-electron chi connectivity index (χ3n) is 2.85. The standard InChI is InChI=1S/C16H16ClNO/c1-11(2)8-12-4-3-5-13(9-12)16(19)14-6-7-18-10-15(14)17/h3-7,9-11H,8H2,1-2H3. The zero-order valence-electron chi connectivity index (χ0n) is 11.1. The lowest BCUT2D eigenvalue weighted by Gasteiger charge is -2.07. The molecule has 3 heteroatoms. The molecule has 98 valence electrons.